The second-order valence-electron chi connectivity index (χ2n) is 4.71. The molecule has 2 unspecified atom stereocenters. The first-order valence-electron chi connectivity index (χ1n) is 6.09. The number of primary amides is 1. The van der Waals surface area contributed by atoms with Crippen LogP contribution in [0.3, 0.4) is 0 Å². The Morgan fingerprint density at radius 2 is 2.33 bits per heavy atom. The summed E-state index contributed by atoms with van der Waals surface area (Å²) in [4.78, 5) is 28.6. The zero-order valence-electron chi connectivity index (χ0n) is 10.4. The molecule has 1 aromatic heterocycles. The SMILES string of the molecule is CC1CCC(C(N)=O)CN1c1ncccc1C=O. The molecule has 96 valence electrons. The fourth-order valence-corrected chi connectivity index (χ4v) is 2.38. The van der Waals surface area contributed by atoms with E-state index in [2.05, 4.69) is 11.9 Å². The third-order valence-electron chi connectivity index (χ3n) is 3.50. The minimum absolute atomic E-state index is 0.164. The van der Waals surface area contributed by atoms with Crippen LogP contribution in [0.2, 0.25) is 0 Å². The van der Waals surface area contributed by atoms with Crippen molar-refractivity contribution in [1.82, 2.24) is 4.98 Å². The van der Waals surface area contributed by atoms with Gasteiger partial charge in [-0.25, -0.2) is 4.98 Å². The highest BCUT2D eigenvalue weighted by atomic mass is 16.1. The van der Waals surface area contributed by atoms with Crippen LogP contribution in [0.1, 0.15) is 30.1 Å². The summed E-state index contributed by atoms with van der Waals surface area (Å²) in [6.07, 6.45) is 4.13. The maximum Gasteiger partial charge on any atom is 0.222 e. The van der Waals surface area contributed by atoms with Gasteiger partial charge in [0.2, 0.25) is 5.91 Å². The number of amides is 1. The van der Waals surface area contributed by atoms with Crippen LogP contribution in [0.25, 0.3) is 0 Å². The lowest BCUT2D eigenvalue weighted by molar-refractivity contribution is -0.122. The average molecular weight is 247 g/mol. The molecule has 1 aliphatic heterocycles. The van der Waals surface area contributed by atoms with Crippen molar-refractivity contribution < 1.29 is 9.59 Å². The van der Waals surface area contributed by atoms with Crippen LogP contribution >= 0.6 is 0 Å². The quantitative estimate of drug-likeness (QED) is 0.808. The molecule has 2 rings (SSSR count). The third-order valence-corrected chi connectivity index (χ3v) is 3.50. The number of aldehydes is 1. The molecule has 1 aromatic rings. The van der Waals surface area contributed by atoms with Gasteiger partial charge in [-0.2, -0.15) is 0 Å². The predicted molar refractivity (Wildman–Crippen MR) is 68.4 cm³/mol. The van der Waals surface area contributed by atoms with Gasteiger partial charge in [0, 0.05) is 18.8 Å². The van der Waals surface area contributed by atoms with Crippen molar-refractivity contribution >= 4 is 18.0 Å². The summed E-state index contributed by atoms with van der Waals surface area (Å²) in [6.45, 7) is 2.61. The number of rotatable bonds is 3. The van der Waals surface area contributed by atoms with Gasteiger partial charge in [0.15, 0.2) is 6.29 Å². The van der Waals surface area contributed by atoms with E-state index in [1.165, 1.54) is 0 Å². The van der Waals surface area contributed by atoms with Crippen LogP contribution in [-0.4, -0.2) is 29.8 Å². The second-order valence-corrected chi connectivity index (χ2v) is 4.71. The molecule has 1 amide bonds. The van der Waals surface area contributed by atoms with Crippen LogP contribution in [-0.2, 0) is 4.79 Å². The van der Waals surface area contributed by atoms with Crippen LogP contribution < -0.4 is 10.6 Å². The molecule has 5 nitrogen and oxygen atoms in total. The van der Waals surface area contributed by atoms with Gasteiger partial charge in [0.25, 0.3) is 0 Å². The van der Waals surface area contributed by atoms with Gasteiger partial charge in [-0.1, -0.05) is 0 Å². The minimum Gasteiger partial charge on any atom is -0.369 e. The number of piperidine rings is 1. The number of nitrogens with zero attached hydrogens (tertiary/aromatic N) is 2. The molecule has 2 atom stereocenters. The molecule has 0 aromatic carbocycles. The summed E-state index contributed by atoms with van der Waals surface area (Å²) in [5, 5.41) is 0. The first-order chi connectivity index (χ1) is 8.63. The number of aromatic nitrogens is 1. The highest BCUT2D eigenvalue weighted by molar-refractivity contribution is 5.83. The highest BCUT2D eigenvalue weighted by Gasteiger charge is 2.30. The molecule has 1 fully saturated rings. The van der Waals surface area contributed by atoms with E-state index in [4.69, 9.17) is 5.73 Å². The zero-order valence-corrected chi connectivity index (χ0v) is 10.4. The van der Waals surface area contributed by atoms with Crippen LogP contribution in [0.15, 0.2) is 18.3 Å². The standard InChI is InChI=1S/C13H17N3O2/c1-9-4-5-10(12(14)18)7-16(9)13-11(8-17)3-2-6-15-13/h2-3,6,8-10H,4-5,7H2,1H3,(H2,14,18). The summed E-state index contributed by atoms with van der Waals surface area (Å²) in [7, 11) is 0. The smallest absolute Gasteiger partial charge is 0.222 e. The first kappa shape index (κ1) is 12.5. The number of hydrogen-bond acceptors (Lipinski definition) is 4. The van der Waals surface area contributed by atoms with E-state index in [-0.39, 0.29) is 17.9 Å². The molecule has 1 aliphatic rings. The Hall–Kier alpha value is -1.91. The average Bonchev–Trinajstić information content (AvgIpc) is 2.39. The highest BCUT2D eigenvalue weighted by Crippen LogP contribution is 2.27. The first-order valence-corrected chi connectivity index (χ1v) is 6.09. The van der Waals surface area contributed by atoms with Gasteiger partial charge in [-0.3, -0.25) is 9.59 Å². The summed E-state index contributed by atoms with van der Waals surface area (Å²) < 4.78 is 0. The largest absolute Gasteiger partial charge is 0.369 e. The molecule has 0 radical (unpaired) electrons. The van der Waals surface area contributed by atoms with Crippen molar-refractivity contribution in [1.29, 1.82) is 0 Å². The molecule has 0 spiro atoms. The summed E-state index contributed by atoms with van der Waals surface area (Å²) in [5.41, 5.74) is 5.92. The van der Waals surface area contributed by atoms with Gasteiger partial charge < -0.3 is 10.6 Å². The van der Waals surface area contributed by atoms with Crippen LogP contribution in [0.5, 0.6) is 0 Å². The molecule has 0 saturated carbocycles. The molecule has 18 heavy (non-hydrogen) atoms. The number of nitrogens with two attached hydrogens (primary N) is 1. The Labute approximate surface area is 106 Å². The number of carbonyl (C=O) groups is 2. The third kappa shape index (κ3) is 2.34. The van der Waals surface area contributed by atoms with Crippen molar-refractivity contribution in [2.45, 2.75) is 25.8 Å². The molecular formula is C13H17N3O2. The Bertz CT molecular complexity index is 461. The Morgan fingerprint density at radius 1 is 1.56 bits per heavy atom. The molecule has 2 N–H and O–H groups in total. The number of anilines is 1. The number of pyridine rings is 1. The molecule has 0 aliphatic carbocycles. The fraction of sp³-hybridized carbons (Fsp3) is 0.462. The van der Waals surface area contributed by atoms with Crippen LogP contribution in [0, 0.1) is 5.92 Å². The zero-order chi connectivity index (χ0) is 13.1. The van der Waals surface area contributed by atoms with E-state index >= 15 is 0 Å². The van der Waals surface area contributed by atoms with E-state index in [9.17, 15) is 9.59 Å². The summed E-state index contributed by atoms with van der Waals surface area (Å²) >= 11 is 0. The van der Waals surface area contributed by atoms with Crippen molar-refractivity contribution in [2.75, 3.05) is 11.4 Å². The van der Waals surface area contributed by atoms with Crippen molar-refractivity contribution in [2.24, 2.45) is 11.7 Å². The van der Waals surface area contributed by atoms with Gasteiger partial charge in [-0.05, 0) is 31.9 Å². The predicted octanol–water partition coefficient (Wildman–Crippen LogP) is 0.984. The second kappa shape index (κ2) is 5.16. The Kier molecular flexibility index (Phi) is 3.60. The molecule has 0 bridgehead atoms. The lowest BCUT2D eigenvalue weighted by Gasteiger charge is -2.38. The van der Waals surface area contributed by atoms with E-state index in [1.54, 1.807) is 18.3 Å². The van der Waals surface area contributed by atoms with Gasteiger partial charge in [0.05, 0.1) is 11.5 Å². The van der Waals surface area contributed by atoms with Gasteiger partial charge in [0.1, 0.15) is 5.82 Å². The topological polar surface area (TPSA) is 76.3 Å². The summed E-state index contributed by atoms with van der Waals surface area (Å²) in [5.74, 6) is 0.198. The van der Waals surface area contributed by atoms with Crippen molar-refractivity contribution in [3.8, 4) is 0 Å². The van der Waals surface area contributed by atoms with Gasteiger partial charge >= 0.3 is 0 Å². The van der Waals surface area contributed by atoms with E-state index in [0.29, 0.717) is 17.9 Å². The minimum atomic E-state index is -0.282. The van der Waals surface area contributed by atoms with Crippen molar-refractivity contribution in [3.63, 3.8) is 0 Å². The molecule has 1 saturated heterocycles. The number of carbonyl (C=O) groups excluding carboxylic acids is 2. The van der Waals surface area contributed by atoms with E-state index in [0.717, 1.165) is 19.1 Å². The molecule has 5 heteroatoms. The molecule has 2 heterocycles. The van der Waals surface area contributed by atoms with Crippen LogP contribution in [0.4, 0.5) is 5.82 Å². The Morgan fingerprint density at radius 3 is 3.00 bits per heavy atom. The summed E-state index contributed by atoms with van der Waals surface area (Å²) in [6, 6.07) is 3.72. The number of hydrogen-bond donors (Lipinski definition) is 1. The van der Waals surface area contributed by atoms with E-state index < -0.39 is 0 Å². The lowest BCUT2D eigenvalue weighted by Crippen LogP contribution is -2.46. The maximum absolute atomic E-state index is 11.3. The van der Waals surface area contributed by atoms with E-state index in [1.807, 2.05) is 4.90 Å². The lowest BCUT2D eigenvalue weighted by atomic mass is 9.92. The molecular weight excluding hydrogens is 230 g/mol. The fourth-order valence-electron chi connectivity index (χ4n) is 2.38. The normalized spacial score (nSPS) is 23.7. The monoisotopic (exact) mass is 247 g/mol. The van der Waals surface area contributed by atoms with Gasteiger partial charge in [-0.15, -0.1) is 0 Å². The maximum atomic E-state index is 11.3. The van der Waals surface area contributed by atoms with Crippen molar-refractivity contribution in [3.05, 3.63) is 23.9 Å². The Balaban J connectivity index is 2.29.